The van der Waals surface area contributed by atoms with E-state index >= 15 is 0 Å². The molecule has 0 saturated carbocycles. The standard InChI is InChI=1S/C19H15N5O/c20-10-13-8-18(21-11-13)19(25)24-7-5-14-9-15(3-4-16(14)12-24)17-2-1-6-22-23-17/h1-4,6,8-9,11,21H,5,7,12H2. The van der Waals surface area contributed by atoms with Gasteiger partial charge in [-0.1, -0.05) is 12.1 Å². The van der Waals surface area contributed by atoms with Crippen LogP contribution in [0.5, 0.6) is 0 Å². The van der Waals surface area contributed by atoms with E-state index in [1.54, 1.807) is 23.4 Å². The Kier molecular flexibility index (Phi) is 3.75. The summed E-state index contributed by atoms with van der Waals surface area (Å²) in [5, 5.41) is 17.0. The molecular weight excluding hydrogens is 314 g/mol. The molecule has 122 valence electrons. The maximum absolute atomic E-state index is 12.6. The fraction of sp³-hybridized carbons (Fsp3) is 0.158. The Labute approximate surface area is 144 Å². The van der Waals surface area contributed by atoms with E-state index < -0.39 is 0 Å². The molecule has 1 amide bonds. The topological polar surface area (TPSA) is 85.7 Å². The fourth-order valence-electron chi connectivity index (χ4n) is 3.09. The number of benzene rings is 1. The highest BCUT2D eigenvalue weighted by atomic mass is 16.2. The summed E-state index contributed by atoms with van der Waals surface area (Å²) in [6.45, 7) is 1.21. The summed E-state index contributed by atoms with van der Waals surface area (Å²) in [5.41, 5.74) is 5.18. The average molecular weight is 329 g/mol. The Hall–Kier alpha value is -3.46. The van der Waals surface area contributed by atoms with Crippen LogP contribution in [-0.2, 0) is 13.0 Å². The smallest absolute Gasteiger partial charge is 0.270 e. The molecule has 0 saturated heterocycles. The minimum absolute atomic E-state index is 0.0786. The van der Waals surface area contributed by atoms with Crippen molar-refractivity contribution in [3.63, 3.8) is 0 Å². The highest BCUT2D eigenvalue weighted by molar-refractivity contribution is 5.93. The van der Waals surface area contributed by atoms with E-state index in [2.05, 4.69) is 21.2 Å². The molecule has 3 heterocycles. The zero-order valence-corrected chi connectivity index (χ0v) is 13.4. The minimum Gasteiger partial charge on any atom is -0.356 e. The number of nitrogens with one attached hydrogen (secondary N) is 1. The lowest BCUT2D eigenvalue weighted by Crippen LogP contribution is -2.36. The first kappa shape index (κ1) is 15.1. The van der Waals surface area contributed by atoms with E-state index in [1.807, 2.05) is 30.3 Å². The van der Waals surface area contributed by atoms with Gasteiger partial charge in [0.05, 0.1) is 11.3 Å². The lowest BCUT2D eigenvalue weighted by atomic mass is 9.96. The third kappa shape index (κ3) is 2.88. The predicted octanol–water partition coefficient (Wildman–Crippen LogP) is 2.54. The van der Waals surface area contributed by atoms with Crippen LogP contribution in [0.1, 0.15) is 27.2 Å². The molecule has 0 aliphatic carbocycles. The van der Waals surface area contributed by atoms with Gasteiger partial charge in [-0.25, -0.2) is 0 Å². The van der Waals surface area contributed by atoms with Crippen LogP contribution in [0.2, 0.25) is 0 Å². The monoisotopic (exact) mass is 329 g/mol. The van der Waals surface area contributed by atoms with Gasteiger partial charge < -0.3 is 9.88 Å². The highest BCUT2D eigenvalue weighted by Crippen LogP contribution is 2.25. The van der Waals surface area contributed by atoms with E-state index in [-0.39, 0.29) is 5.91 Å². The molecule has 1 aromatic carbocycles. The average Bonchev–Trinajstić information content (AvgIpc) is 3.16. The summed E-state index contributed by atoms with van der Waals surface area (Å²) in [6, 6.07) is 13.6. The molecule has 0 unspecified atom stereocenters. The molecule has 0 atom stereocenters. The first-order chi connectivity index (χ1) is 12.2. The number of fused-ring (bicyclic) bond motifs is 1. The third-order valence-electron chi connectivity index (χ3n) is 4.42. The molecule has 1 aliphatic heterocycles. The molecule has 3 aromatic rings. The van der Waals surface area contributed by atoms with Crippen molar-refractivity contribution in [3.8, 4) is 17.3 Å². The van der Waals surface area contributed by atoms with Crippen molar-refractivity contribution in [3.05, 3.63) is 71.2 Å². The summed E-state index contributed by atoms with van der Waals surface area (Å²) in [5.74, 6) is -0.0786. The van der Waals surface area contributed by atoms with E-state index in [0.29, 0.717) is 24.3 Å². The molecule has 25 heavy (non-hydrogen) atoms. The van der Waals surface area contributed by atoms with Crippen molar-refractivity contribution in [2.75, 3.05) is 6.54 Å². The van der Waals surface area contributed by atoms with Crippen molar-refractivity contribution < 1.29 is 4.79 Å². The number of carbonyl (C=O) groups excluding carboxylic acids is 1. The number of nitriles is 1. The number of rotatable bonds is 2. The normalized spacial score (nSPS) is 13.2. The van der Waals surface area contributed by atoms with Crippen molar-refractivity contribution >= 4 is 5.91 Å². The SMILES string of the molecule is N#Cc1c[nH]c(C(=O)N2CCc3cc(-c4cccnn4)ccc3C2)c1. The zero-order valence-electron chi connectivity index (χ0n) is 13.4. The van der Waals surface area contributed by atoms with Crippen LogP contribution in [0.25, 0.3) is 11.3 Å². The second kappa shape index (κ2) is 6.21. The number of carbonyl (C=O) groups is 1. The molecular formula is C19H15N5O. The molecule has 2 aromatic heterocycles. The molecule has 1 aliphatic rings. The number of H-pyrrole nitrogens is 1. The largest absolute Gasteiger partial charge is 0.356 e. The van der Waals surface area contributed by atoms with Crippen LogP contribution in [-0.4, -0.2) is 32.5 Å². The van der Waals surface area contributed by atoms with Gasteiger partial charge in [-0.2, -0.15) is 15.5 Å². The van der Waals surface area contributed by atoms with E-state index in [1.165, 1.54) is 5.56 Å². The first-order valence-corrected chi connectivity index (χ1v) is 8.02. The number of hydrogen-bond donors (Lipinski definition) is 1. The second-order valence-electron chi connectivity index (χ2n) is 5.98. The van der Waals surface area contributed by atoms with Gasteiger partial charge in [-0.3, -0.25) is 4.79 Å². The summed E-state index contributed by atoms with van der Waals surface area (Å²) in [6.07, 6.45) is 4.00. The van der Waals surface area contributed by atoms with Gasteiger partial charge in [0.25, 0.3) is 5.91 Å². The quantitative estimate of drug-likeness (QED) is 0.783. The molecule has 6 heteroatoms. The Morgan fingerprint density at radius 3 is 2.92 bits per heavy atom. The Bertz CT molecular complexity index is 971. The van der Waals surface area contributed by atoms with Gasteiger partial charge >= 0.3 is 0 Å². The van der Waals surface area contributed by atoms with Crippen LogP contribution in [0, 0.1) is 11.3 Å². The number of aromatic amines is 1. The third-order valence-corrected chi connectivity index (χ3v) is 4.42. The zero-order chi connectivity index (χ0) is 17.2. The van der Waals surface area contributed by atoms with Crippen LogP contribution >= 0.6 is 0 Å². The molecule has 0 fully saturated rings. The fourth-order valence-corrected chi connectivity index (χ4v) is 3.09. The lowest BCUT2D eigenvalue weighted by Gasteiger charge is -2.29. The number of nitrogens with zero attached hydrogens (tertiary/aromatic N) is 4. The molecule has 6 nitrogen and oxygen atoms in total. The number of aromatic nitrogens is 3. The second-order valence-corrected chi connectivity index (χ2v) is 5.98. The van der Waals surface area contributed by atoms with Crippen molar-refractivity contribution in [1.82, 2.24) is 20.1 Å². The van der Waals surface area contributed by atoms with Crippen LogP contribution in [0.15, 0.2) is 48.8 Å². The Morgan fingerprint density at radius 2 is 2.16 bits per heavy atom. The van der Waals surface area contributed by atoms with E-state index in [0.717, 1.165) is 23.2 Å². The van der Waals surface area contributed by atoms with Gasteiger partial charge in [-0.05, 0) is 41.8 Å². The molecule has 1 N–H and O–H groups in total. The number of amides is 1. The van der Waals surface area contributed by atoms with Gasteiger partial charge in [0.1, 0.15) is 11.8 Å². The summed E-state index contributed by atoms with van der Waals surface area (Å²) in [7, 11) is 0. The maximum Gasteiger partial charge on any atom is 0.270 e. The van der Waals surface area contributed by atoms with Crippen molar-refractivity contribution in [1.29, 1.82) is 5.26 Å². The van der Waals surface area contributed by atoms with Gasteiger partial charge in [0, 0.05) is 31.0 Å². The maximum atomic E-state index is 12.6. The van der Waals surface area contributed by atoms with Gasteiger partial charge in [0.2, 0.25) is 0 Å². The van der Waals surface area contributed by atoms with Gasteiger partial charge in [-0.15, -0.1) is 0 Å². The predicted molar refractivity (Wildman–Crippen MR) is 91.4 cm³/mol. The van der Waals surface area contributed by atoms with Crippen LogP contribution in [0.4, 0.5) is 0 Å². The number of hydrogen-bond acceptors (Lipinski definition) is 4. The lowest BCUT2D eigenvalue weighted by molar-refractivity contribution is 0.0729. The first-order valence-electron chi connectivity index (χ1n) is 8.02. The van der Waals surface area contributed by atoms with Crippen LogP contribution < -0.4 is 0 Å². The molecule has 0 spiro atoms. The van der Waals surface area contributed by atoms with Crippen molar-refractivity contribution in [2.45, 2.75) is 13.0 Å². The summed E-state index contributed by atoms with van der Waals surface area (Å²) < 4.78 is 0. The molecule has 4 rings (SSSR count). The Balaban J connectivity index is 1.56. The van der Waals surface area contributed by atoms with Crippen molar-refractivity contribution in [2.24, 2.45) is 0 Å². The summed E-state index contributed by atoms with van der Waals surface area (Å²) >= 11 is 0. The highest BCUT2D eigenvalue weighted by Gasteiger charge is 2.23. The minimum atomic E-state index is -0.0786. The Morgan fingerprint density at radius 1 is 1.24 bits per heavy atom. The van der Waals surface area contributed by atoms with E-state index in [9.17, 15) is 4.79 Å². The molecule has 0 radical (unpaired) electrons. The molecule has 0 bridgehead atoms. The van der Waals surface area contributed by atoms with Crippen LogP contribution in [0.3, 0.4) is 0 Å². The van der Waals surface area contributed by atoms with Gasteiger partial charge in [0.15, 0.2) is 0 Å². The van der Waals surface area contributed by atoms with E-state index in [4.69, 9.17) is 5.26 Å². The summed E-state index contributed by atoms with van der Waals surface area (Å²) in [4.78, 5) is 17.3.